The highest BCUT2D eigenvalue weighted by Crippen LogP contribution is 2.51. The Bertz CT molecular complexity index is 263. The van der Waals surface area contributed by atoms with Crippen LogP contribution < -0.4 is 17.0 Å². The van der Waals surface area contributed by atoms with E-state index in [1.807, 2.05) is 0 Å². The minimum atomic E-state index is -0.649. The molecule has 0 radical (unpaired) electrons. The molecule has 0 saturated carbocycles. The Labute approximate surface area is 172 Å². The van der Waals surface area contributed by atoms with E-state index in [1.54, 1.807) is 0 Å². The van der Waals surface area contributed by atoms with Gasteiger partial charge in [0.25, 0.3) is 0 Å². The average molecular weight is 436 g/mol. The number of unbranched alkanes of at least 4 members (excludes halogenated alkanes) is 15. The van der Waals surface area contributed by atoms with Crippen molar-refractivity contribution in [2.24, 2.45) is 0 Å². The van der Waals surface area contributed by atoms with Gasteiger partial charge in [-0.05, 0) is 12.8 Å². The first-order valence-electron chi connectivity index (χ1n) is 11.1. The van der Waals surface area contributed by atoms with Gasteiger partial charge < -0.3 is 17.0 Å². The number of rotatable bonds is 19. The molecule has 0 amide bonds. The number of allylic oxidation sites excluding steroid dienone is 1. The molecule has 0 fully saturated rings. The molecule has 0 saturated heterocycles. The van der Waals surface area contributed by atoms with Gasteiger partial charge in [-0.1, -0.05) is 109 Å². The molecule has 0 atom stereocenters. The second kappa shape index (κ2) is 21.0. The molecular weight excluding hydrogens is 387 g/mol. The van der Waals surface area contributed by atoms with E-state index in [0.717, 1.165) is 0 Å². The summed E-state index contributed by atoms with van der Waals surface area (Å²) in [6.45, 7) is 11.2. The first-order chi connectivity index (χ1) is 11.6. The monoisotopic (exact) mass is 434 g/mol. The maximum atomic E-state index is 3.90. The van der Waals surface area contributed by atoms with Gasteiger partial charge in [0, 0.05) is 20.6 Å². The Morgan fingerprint density at radius 1 is 0.600 bits per heavy atom. The first-order valence-corrected chi connectivity index (χ1v) is 14.1. The molecule has 0 aromatic heterocycles. The van der Waals surface area contributed by atoms with Crippen molar-refractivity contribution in [1.82, 2.24) is 0 Å². The molecule has 0 N–H and O–H groups in total. The lowest BCUT2D eigenvalue weighted by molar-refractivity contribution is -0.00000555. The van der Waals surface area contributed by atoms with E-state index < -0.39 is 7.26 Å². The Hall–Kier alpha value is 0.650. The van der Waals surface area contributed by atoms with Crippen molar-refractivity contribution in [3.8, 4) is 0 Å². The summed E-state index contributed by atoms with van der Waals surface area (Å²) in [5.74, 6) is 0. The van der Waals surface area contributed by atoms with Gasteiger partial charge >= 0.3 is 0 Å². The van der Waals surface area contributed by atoms with E-state index in [2.05, 4.69) is 32.9 Å². The lowest BCUT2D eigenvalue weighted by Crippen LogP contribution is -3.00. The third-order valence-corrected chi connectivity index (χ3v) is 8.01. The normalized spacial score (nSPS) is 11.3. The van der Waals surface area contributed by atoms with E-state index in [4.69, 9.17) is 0 Å². The van der Waals surface area contributed by atoms with Crippen LogP contribution in [0.2, 0.25) is 0 Å². The van der Waals surface area contributed by atoms with Crippen LogP contribution in [0.15, 0.2) is 12.7 Å². The first kappa shape index (κ1) is 27.9. The van der Waals surface area contributed by atoms with Gasteiger partial charge in [-0.25, -0.2) is 0 Å². The van der Waals surface area contributed by atoms with Crippen LogP contribution in [0.1, 0.15) is 110 Å². The Morgan fingerprint density at radius 2 is 0.920 bits per heavy atom. The molecule has 0 aliphatic rings. The summed E-state index contributed by atoms with van der Waals surface area (Å²) in [6, 6.07) is 0. The zero-order chi connectivity index (χ0) is 17.9. The van der Waals surface area contributed by atoms with Gasteiger partial charge in [-0.2, -0.15) is 0 Å². The summed E-state index contributed by atoms with van der Waals surface area (Å²) >= 11 is 0. The lowest BCUT2D eigenvalue weighted by atomic mass is 10.0. The van der Waals surface area contributed by atoms with Gasteiger partial charge in [0.2, 0.25) is 0 Å². The number of hydrogen-bond acceptors (Lipinski definition) is 0. The summed E-state index contributed by atoms with van der Waals surface area (Å²) in [4.78, 5) is 0. The minimum absolute atomic E-state index is 0. The SMILES string of the molecule is C=CC[P+](C)(C)CCCCCCCCCCCCCCCCCC.[Br-]. The predicted octanol–water partition coefficient (Wildman–Crippen LogP) is 5.72. The maximum absolute atomic E-state index is 3.90. The van der Waals surface area contributed by atoms with Gasteiger partial charge in [-0.15, -0.1) is 0 Å². The topological polar surface area (TPSA) is 0 Å². The van der Waals surface area contributed by atoms with Crippen molar-refractivity contribution in [1.29, 1.82) is 0 Å². The quantitative estimate of drug-likeness (QED) is 0.138. The van der Waals surface area contributed by atoms with Crippen LogP contribution in [0.25, 0.3) is 0 Å². The van der Waals surface area contributed by atoms with Gasteiger partial charge in [0.05, 0.1) is 12.3 Å². The molecule has 2 heteroatoms. The Balaban J connectivity index is 0. The third-order valence-electron chi connectivity index (χ3n) is 5.24. The second-order valence-electron chi connectivity index (χ2n) is 8.43. The molecule has 0 aromatic carbocycles. The van der Waals surface area contributed by atoms with Crippen molar-refractivity contribution in [3.63, 3.8) is 0 Å². The van der Waals surface area contributed by atoms with Crippen molar-refractivity contribution >= 4 is 7.26 Å². The largest absolute Gasteiger partial charge is 1.00 e. The van der Waals surface area contributed by atoms with Gasteiger partial charge in [-0.3, -0.25) is 0 Å². The van der Waals surface area contributed by atoms with Crippen molar-refractivity contribution in [3.05, 3.63) is 12.7 Å². The van der Waals surface area contributed by atoms with E-state index >= 15 is 0 Å². The van der Waals surface area contributed by atoms with E-state index in [-0.39, 0.29) is 17.0 Å². The fourth-order valence-electron chi connectivity index (χ4n) is 3.53. The van der Waals surface area contributed by atoms with Crippen LogP contribution in [-0.4, -0.2) is 25.7 Å². The molecule has 25 heavy (non-hydrogen) atoms. The summed E-state index contributed by atoms with van der Waals surface area (Å²) in [7, 11) is -0.649. The molecule has 0 rings (SSSR count). The van der Waals surface area contributed by atoms with Crippen LogP contribution in [0, 0.1) is 0 Å². The zero-order valence-electron chi connectivity index (χ0n) is 17.8. The lowest BCUT2D eigenvalue weighted by Gasteiger charge is -2.15. The number of halogens is 1. The van der Waals surface area contributed by atoms with E-state index in [9.17, 15) is 0 Å². The molecule has 0 spiro atoms. The highest BCUT2D eigenvalue weighted by molar-refractivity contribution is 7.74. The molecule has 0 aliphatic heterocycles. The summed E-state index contributed by atoms with van der Waals surface area (Å²) < 4.78 is 0. The highest BCUT2D eigenvalue weighted by Gasteiger charge is 2.21. The zero-order valence-corrected chi connectivity index (χ0v) is 20.3. The Kier molecular flexibility index (Phi) is 23.4. The minimum Gasteiger partial charge on any atom is -1.00 e. The molecule has 0 unspecified atom stereocenters. The summed E-state index contributed by atoms with van der Waals surface area (Å²) in [6.07, 6.45) is 28.3. The van der Waals surface area contributed by atoms with Crippen molar-refractivity contribution in [2.45, 2.75) is 110 Å². The molecule has 0 aliphatic carbocycles. The van der Waals surface area contributed by atoms with E-state index in [0.29, 0.717) is 0 Å². The highest BCUT2D eigenvalue weighted by atomic mass is 79.9. The average Bonchev–Trinajstić information content (AvgIpc) is 2.54. The van der Waals surface area contributed by atoms with Crippen LogP contribution >= 0.6 is 7.26 Å². The Morgan fingerprint density at radius 3 is 1.24 bits per heavy atom. The standard InChI is InChI=1S/C23H48P.BrH/c1-5-7-8-9-10-11-12-13-14-15-16-17-18-19-20-21-23-24(3,4)22-6-2;/h6H,2,5,7-23H2,1,3-4H3;1H/q+1;/p-1. The summed E-state index contributed by atoms with van der Waals surface area (Å²) in [5, 5.41) is 0. The predicted molar refractivity (Wildman–Crippen MR) is 118 cm³/mol. The molecule has 0 heterocycles. The van der Waals surface area contributed by atoms with Crippen molar-refractivity contribution in [2.75, 3.05) is 25.7 Å². The fourth-order valence-corrected chi connectivity index (χ4v) is 5.49. The maximum Gasteiger partial charge on any atom is 0.0765 e. The van der Waals surface area contributed by atoms with Gasteiger partial charge in [0.1, 0.15) is 0 Å². The molecule has 0 bridgehead atoms. The number of hydrogen-bond donors (Lipinski definition) is 0. The van der Waals surface area contributed by atoms with Crippen LogP contribution in [0.3, 0.4) is 0 Å². The van der Waals surface area contributed by atoms with Gasteiger partial charge in [0.15, 0.2) is 0 Å². The van der Waals surface area contributed by atoms with Crippen molar-refractivity contribution < 1.29 is 17.0 Å². The fraction of sp³-hybridized carbons (Fsp3) is 0.913. The molecule has 0 aromatic rings. The van der Waals surface area contributed by atoms with E-state index in [1.165, 1.54) is 115 Å². The van der Waals surface area contributed by atoms with Crippen LogP contribution in [0.4, 0.5) is 0 Å². The smallest absolute Gasteiger partial charge is 0.0765 e. The third kappa shape index (κ3) is 22.6. The molecule has 152 valence electrons. The summed E-state index contributed by atoms with van der Waals surface area (Å²) in [5.41, 5.74) is 0. The molecular formula is C23H48BrP. The van der Waals surface area contributed by atoms with Crippen LogP contribution in [-0.2, 0) is 0 Å². The molecule has 0 nitrogen and oxygen atoms in total. The van der Waals surface area contributed by atoms with Crippen LogP contribution in [0.5, 0.6) is 0 Å². The second-order valence-corrected chi connectivity index (χ2v) is 13.1.